The van der Waals surface area contributed by atoms with Crippen molar-refractivity contribution in [2.45, 2.75) is 122 Å². The van der Waals surface area contributed by atoms with Gasteiger partial charge < -0.3 is 69.0 Å². The zero-order chi connectivity index (χ0) is 45.4. The monoisotopic (exact) mass is 973 g/mol. The number of imidazole rings is 1. The topological polar surface area (TPSA) is 375 Å². The first-order valence-corrected chi connectivity index (χ1v) is 24.9. The van der Waals surface area contributed by atoms with Crippen LogP contribution in [0, 0.1) is 5.41 Å². The number of nitrogens with zero attached hydrogens (tertiary/aromatic N) is 4. The number of fused-ring (bicyclic) bond motifs is 1. The Balaban J connectivity index is 0. The van der Waals surface area contributed by atoms with Gasteiger partial charge in [-0.2, -0.15) is 0 Å². The van der Waals surface area contributed by atoms with E-state index in [4.69, 9.17) is 10.5 Å². The number of nitrogen functional groups attached to an aromatic ring is 1. The predicted octanol–water partition coefficient (Wildman–Crippen LogP) is -11.9. The molecule has 2 aromatic rings. The zero-order valence-electron chi connectivity index (χ0n) is 38.0. The van der Waals surface area contributed by atoms with Crippen molar-refractivity contribution in [2.24, 2.45) is 5.41 Å². The van der Waals surface area contributed by atoms with Gasteiger partial charge in [-0.25, -0.2) is 19.3 Å². The number of unbranched alkanes of at least 4 members (excludes halogenated alkanes) is 8. The molecule has 2 aromatic heterocycles. The van der Waals surface area contributed by atoms with Gasteiger partial charge in [0.05, 0.1) is 27.4 Å². The summed E-state index contributed by atoms with van der Waals surface area (Å²) in [5.74, 6) is -1.13. The molecule has 3 heterocycles. The van der Waals surface area contributed by atoms with E-state index in [1.54, 1.807) is 0 Å². The molecule has 24 nitrogen and oxygen atoms in total. The standard InChI is InChI=1S/C33H58N7O17P3S.4Li/c1-4-5-6-7-8-9-10-11-12-13-24(42)61-17-16-35-23(41)14-15-36-31(45)28(44)33(2,3)19-54-60(51,52)57-59(49,50)53-18-22-27(56-58(46,47)48)26(43)32(55-22)40-21-39-25-29(34)37-20-38-30(25)40;;;;/h20-22,26-28,32,43-44H,4-19H2,1-3H3,(H,35,41)(H,36,45)(H,49,50)(H,51,52)(H2,34,37,38)(H2,46,47,48);;;;/q;4*+1/p-4/t22-,26-,27-,28+,32-;;;;/m1..../s1. The van der Waals surface area contributed by atoms with Crippen LogP contribution in [-0.4, -0.2) is 103 Å². The van der Waals surface area contributed by atoms with Gasteiger partial charge in [0.15, 0.2) is 22.8 Å². The van der Waals surface area contributed by atoms with Crippen LogP contribution in [0.15, 0.2) is 12.7 Å². The number of carbonyl (C=O) groups excluding carboxylic acids is 3. The molecule has 1 aliphatic heterocycles. The van der Waals surface area contributed by atoms with Crippen molar-refractivity contribution in [3.05, 3.63) is 12.7 Å². The molecule has 0 saturated carbocycles. The van der Waals surface area contributed by atoms with Gasteiger partial charge in [0, 0.05) is 37.1 Å². The first-order chi connectivity index (χ1) is 28.6. The van der Waals surface area contributed by atoms with Crippen LogP contribution < -0.4 is 111 Å². The molecule has 7 atom stereocenters. The van der Waals surface area contributed by atoms with E-state index in [-0.39, 0.29) is 117 Å². The molecule has 3 rings (SSSR count). The van der Waals surface area contributed by atoms with Crippen molar-refractivity contribution in [2.75, 3.05) is 37.8 Å². The van der Waals surface area contributed by atoms with Gasteiger partial charge in [-0.15, -0.1) is 0 Å². The number of phosphoric ester groups is 3. The quantitative estimate of drug-likeness (QED) is 0.0287. The SMILES string of the molecule is CCCCCCCCCCCC(=O)SCCNC(=O)CCNC(=O)[C@H](O)C(C)(C)COP(=O)([O-])OP(=O)([O-])OC[C@H]1O[C@@H](n2cnc3c(N)ncnc32)[C@H](O)[C@@H]1OP(=O)([O-])[O-].[Li+].[Li+].[Li+].[Li+]. The number of aliphatic hydroxyl groups excluding tert-OH is 2. The van der Waals surface area contributed by atoms with Gasteiger partial charge in [-0.1, -0.05) is 83.9 Å². The number of rotatable bonds is 29. The summed E-state index contributed by atoms with van der Waals surface area (Å²) in [6.07, 6.45) is 3.28. The first-order valence-electron chi connectivity index (χ1n) is 19.5. The van der Waals surface area contributed by atoms with Crippen LogP contribution in [0.3, 0.4) is 0 Å². The van der Waals surface area contributed by atoms with Crippen LogP contribution in [0.25, 0.3) is 11.2 Å². The maximum Gasteiger partial charge on any atom is 1.00 e. The number of thioether (sulfide) groups is 1. The van der Waals surface area contributed by atoms with Gasteiger partial charge in [-0.3, -0.25) is 28.1 Å². The van der Waals surface area contributed by atoms with Crippen LogP contribution in [0.1, 0.15) is 97.6 Å². The first kappa shape index (κ1) is 67.0. The molecule has 0 aromatic carbocycles. The summed E-state index contributed by atoms with van der Waals surface area (Å²) >= 11 is 1.14. The van der Waals surface area contributed by atoms with E-state index in [9.17, 15) is 57.9 Å². The normalized spacial score (nSPS) is 19.6. The minimum Gasteiger partial charge on any atom is -0.790 e. The summed E-state index contributed by atoms with van der Waals surface area (Å²) in [6.45, 7) is 2.36. The third-order valence-corrected chi connectivity index (χ3v) is 13.2. The number of amides is 2. The second-order valence-corrected chi connectivity index (χ2v) is 20.0. The molecule has 6 N–H and O–H groups in total. The number of hydrogen-bond acceptors (Lipinski definition) is 22. The van der Waals surface area contributed by atoms with E-state index >= 15 is 0 Å². The number of nitrogens with two attached hydrogens (primary N) is 1. The number of carbonyl (C=O) groups is 3. The number of aromatic nitrogens is 4. The summed E-state index contributed by atoms with van der Waals surface area (Å²) in [4.78, 5) is 96.5. The fraction of sp³-hybridized carbons (Fsp3) is 0.758. The van der Waals surface area contributed by atoms with Gasteiger partial charge in [0.2, 0.25) is 11.8 Å². The van der Waals surface area contributed by atoms with E-state index in [2.05, 4.69) is 50.4 Å². The zero-order valence-corrected chi connectivity index (χ0v) is 41.5. The Bertz CT molecular complexity index is 1910. The largest absolute Gasteiger partial charge is 1.00 e. The third-order valence-electron chi connectivity index (χ3n) is 9.22. The van der Waals surface area contributed by atoms with Gasteiger partial charge >= 0.3 is 75.4 Å². The molecule has 65 heavy (non-hydrogen) atoms. The van der Waals surface area contributed by atoms with E-state index in [0.29, 0.717) is 12.2 Å². The minimum atomic E-state index is -5.91. The van der Waals surface area contributed by atoms with Crippen LogP contribution >= 0.6 is 35.2 Å². The third kappa shape index (κ3) is 24.1. The fourth-order valence-electron chi connectivity index (χ4n) is 5.92. The number of ether oxygens (including phenoxy) is 1. The van der Waals surface area contributed by atoms with E-state index in [1.807, 2.05) is 0 Å². The van der Waals surface area contributed by atoms with Crippen LogP contribution in [0.5, 0.6) is 0 Å². The fourth-order valence-corrected chi connectivity index (χ4v) is 9.38. The molecule has 1 fully saturated rings. The second kappa shape index (κ2) is 32.0. The summed E-state index contributed by atoms with van der Waals surface area (Å²) in [5.41, 5.74) is 4.09. The Morgan fingerprint density at radius 3 is 2.12 bits per heavy atom. The molecule has 1 saturated heterocycles. The number of anilines is 1. The Morgan fingerprint density at radius 1 is 0.908 bits per heavy atom. The molecule has 2 unspecified atom stereocenters. The predicted molar refractivity (Wildman–Crippen MR) is 210 cm³/mol. The van der Waals surface area contributed by atoms with Crippen LogP contribution in [-0.2, 0) is 50.7 Å². The molecule has 1 aliphatic rings. The number of aliphatic hydroxyl groups is 2. The van der Waals surface area contributed by atoms with Crippen LogP contribution in [0.4, 0.5) is 5.82 Å². The summed E-state index contributed by atoms with van der Waals surface area (Å²) in [7, 11) is -17.6. The van der Waals surface area contributed by atoms with Gasteiger partial charge in [-0.05, 0) is 6.42 Å². The minimum absolute atomic E-state index is 0. The Hall–Kier alpha value is -0.0504. The Morgan fingerprint density at radius 2 is 1.51 bits per heavy atom. The average molecular weight is 974 g/mol. The molecule has 32 heteroatoms. The van der Waals surface area contributed by atoms with Crippen molar-refractivity contribution in [3.8, 4) is 0 Å². The van der Waals surface area contributed by atoms with Crippen molar-refractivity contribution < 1.29 is 156 Å². The molecule has 0 radical (unpaired) electrons. The smallest absolute Gasteiger partial charge is 0.790 e. The summed E-state index contributed by atoms with van der Waals surface area (Å²) in [6, 6.07) is 0. The molecule has 2 amide bonds. The molecule has 0 bridgehead atoms. The van der Waals surface area contributed by atoms with E-state index in [0.717, 1.165) is 48.2 Å². The molecule has 0 aliphatic carbocycles. The average Bonchev–Trinajstić information content (AvgIpc) is 3.73. The second-order valence-electron chi connectivity index (χ2n) is 14.8. The summed E-state index contributed by atoms with van der Waals surface area (Å²) in [5, 5.41) is 26.4. The van der Waals surface area contributed by atoms with E-state index in [1.165, 1.54) is 52.4 Å². The Labute approximate surface area is 430 Å². The van der Waals surface area contributed by atoms with Gasteiger partial charge in [0.25, 0.3) is 15.6 Å². The number of hydrogen-bond donors (Lipinski definition) is 5. The maximum absolute atomic E-state index is 12.6. The van der Waals surface area contributed by atoms with Crippen molar-refractivity contribution >= 4 is 69.1 Å². The Kier molecular flexibility index (Phi) is 33.0. The molecule has 0 spiro atoms. The molecular formula is C33H54Li4N7O17P3S. The van der Waals surface area contributed by atoms with Crippen LogP contribution in [0.2, 0.25) is 0 Å². The number of phosphoric acid groups is 3. The van der Waals surface area contributed by atoms with Crippen molar-refractivity contribution in [1.82, 2.24) is 30.2 Å². The maximum atomic E-state index is 12.6. The number of nitrogens with one attached hydrogen (secondary N) is 2. The molecule has 348 valence electrons. The molecular weight excluding hydrogens is 919 g/mol. The van der Waals surface area contributed by atoms with E-state index < -0.39 is 84.6 Å². The van der Waals surface area contributed by atoms with Crippen molar-refractivity contribution in [3.63, 3.8) is 0 Å². The summed E-state index contributed by atoms with van der Waals surface area (Å²) < 4.78 is 60.7. The van der Waals surface area contributed by atoms with Crippen molar-refractivity contribution in [1.29, 1.82) is 0 Å². The van der Waals surface area contributed by atoms with Gasteiger partial charge in [0.1, 0.15) is 36.3 Å².